The molecule has 2 aromatic carbocycles. The fourth-order valence-corrected chi connectivity index (χ4v) is 2.81. The van der Waals surface area contributed by atoms with Gasteiger partial charge in [-0.3, -0.25) is 0 Å². The molecule has 6 heteroatoms. The Kier molecular flexibility index (Phi) is 7.30. The van der Waals surface area contributed by atoms with Crippen LogP contribution in [0.5, 0.6) is 5.75 Å². The van der Waals surface area contributed by atoms with Crippen molar-refractivity contribution in [1.29, 1.82) is 0 Å². The van der Waals surface area contributed by atoms with Gasteiger partial charge >= 0.3 is 0 Å². The summed E-state index contributed by atoms with van der Waals surface area (Å²) in [5, 5.41) is 3.84. The predicted octanol–water partition coefficient (Wildman–Crippen LogP) is 4.59. The van der Waals surface area contributed by atoms with E-state index in [-0.39, 0.29) is 0 Å². The highest BCUT2D eigenvalue weighted by Gasteiger charge is 2.07. The molecule has 0 aliphatic carbocycles. The van der Waals surface area contributed by atoms with Crippen LogP contribution in [0.25, 0.3) is 0 Å². The largest absolute Gasteiger partial charge is 0.488 e. The number of methoxy groups -OCH3 is 1. The standard InChI is InChI=1S/C17H17BrClNO2S/c1-21-9-8-20-17(23)12-6-7-16(14(18)10-12)22-11-13-4-2-3-5-15(13)19/h2-7,10H,8-9,11H2,1H3,(H,20,23). The van der Waals surface area contributed by atoms with E-state index in [9.17, 15) is 0 Å². The Morgan fingerprint density at radius 2 is 2.04 bits per heavy atom. The molecule has 0 unspecified atom stereocenters. The Balaban J connectivity index is 1.99. The molecular formula is C17H17BrClNO2S. The number of ether oxygens (including phenoxy) is 2. The SMILES string of the molecule is COCCNC(=S)c1ccc(OCc2ccccc2Cl)c(Br)c1. The first-order valence-corrected chi connectivity index (χ1v) is 8.62. The molecule has 122 valence electrons. The lowest BCUT2D eigenvalue weighted by Crippen LogP contribution is -2.25. The molecule has 0 radical (unpaired) electrons. The topological polar surface area (TPSA) is 30.5 Å². The van der Waals surface area contributed by atoms with Crippen LogP contribution in [-0.4, -0.2) is 25.2 Å². The van der Waals surface area contributed by atoms with Crippen molar-refractivity contribution in [2.24, 2.45) is 0 Å². The lowest BCUT2D eigenvalue weighted by molar-refractivity contribution is 0.204. The summed E-state index contributed by atoms with van der Waals surface area (Å²) in [5.74, 6) is 0.744. The quantitative estimate of drug-likeness (QED) is 0.530. The Labute approximate surface area is 155 Å². The van der Waals surface area contributed by atoms with Crippen LogP contribution in [0.4, 0.5) is 0 Å². The van der Waals surface area contributed by atoms with E-state index in [2.05, 4.69) is 21.2 Å². The Morgan fingerprint density at radius 1 is 1.26 bits per heavy atom. The summed E-state index contributed by atoms with van der Waals surface area (Å²) in [6.45, 7) is 1.70. The molecule has 0 spiro atoms. The Bertz CT molecular complexity index is 681. The second-order valence-electron chi connectivity index (χ2n) is 4.77. The van der Waals surface area contributed by atoms with E-state index in [0.717, 1.165) is 21.3 Å². The Morgan fingerprint density at radius 3 is 2.74 bits per heavy atom. The fraction of sp³-hybridized carbons (Fsp3) is 0.235. The second kappa shape index (κ2) is 9.23. The van der Waals surface area contributed by atoms with Gasteiger partial charge in [0, 0.05) is 29.8 Å². The van der Waals surface area contributed by atoms with E-state index in [1.165, 1.54) is 0 Å². The highest BCUT2D eigenvalue weighted by molar-refractivity contribution is 9.10. The molecule has 0 amide bonds. The molecule has 0 atom stereocenters. The third-order valence-electron chi connectivity index (χ3n) is 3.13. The van der Waals surface area contributed by atoms with Crippen LogP contribution in [0.2, 0.25) is 5.02 Å². The maximum Gasteiger partial charge on any atom is 0.134 e. The average Bonchev–Trinajstić information content (AvgIpc) is 2.55. The second-order valence-corrected chi connectivity index (χ2v) is 6.44. The van der Waals surface area contributed by atoms with E-state index in [4.69, 9.17) is 33.3 Å². The summed E-state index contributed by atoms with van der Waals surface area (Å²) < 4.78 is 11.7. The molecule has 0 aromatic heterocycles. The molecule has 0 saturated heterocycles. The number of rotatable bonds is 7. The van der Waals surface area contributed by atoms with E-state index < -0.39 is 0 Å². The van der Waals surface area contributed by atoms with Gasteiger partial charge in [-0.15, -0.1) is 0 Å². The van der Waals surface area contributed by atoms with Crippen molar-refractivity contribution < 1.29 is 9.47 Å². The number of hydrogen-bond acceptors (Lipinski definition) is 3. The van der Waals surface area contributed by atoms with Crippen molar-refractivity contribution in [3.63, 3.8) is 0 Å². The minimum atomic E-state index is 0.411. The van der Waals surface area contributed by atoms with Crippen molar-refractivity contribution in [2.45, 2.75) is 6.61 Å². The van der Waals surface area contributed by atoms with Crippen LogP contribution in [-0.2, 0) is 11.3 Å². The number of nitrogens with one attached hydrogen (secondary N) is 1. The molecular weight excluding hydrogens is 398 g/mol. The predicted molar refractivity (Wildman–Crippen MR) is 102 cm³/mol. The minimum absolute atomic E-state index is 0.411. The van der Waals surface area contributed by atoms with Gasteiger partial charge in [0.1, 0.15) is 17.3 Å². The zero-order chi connectivity index (χ0) is 16.7. The maximum absolute atomic E-state index is 6.13. The molecule has 0 aliphatic rings. The summed E-state index contributed by atoms with van der Waals surface area (Å²) >= 11 is 15.0. The van der Waals surface area contributed by atoms with Crippen LogP contribution >= 0.6 is 39.7 Å². The normalized spacial score (nSPS) is 10.4. The van der Waals surface area contributed by atoms with Gasteiger partial charge in [0.25, 0.3) is 0 Å². The summed E-state index contributed by atoms with van der Waals surface area (Å²) in [6, 6.07) is 13.4. The number of hydrogen-bond donors (Lipinski definition) is 1. The van der Waals surface area contributed by atoms with Gasteiger partial charge in [-0.1, -0.05) is 42.0 Å². The van der Waals surface area contributed by atoms with E-state index in [1.54, 1.807) is 7.11 Å². The summed E-state index contributed by atoms with van der Waals surface area (Å²) in [5.41, 5.74) is 1.87. The molecule has 23 heavy (non-hydrogen) atoms. The van der Waals surface area contributed by atoms with Crippen LogP contribution < -0.4 is 10.1 Å². The van der Waals surface area contributed by atoms with Gasteiger partial charge in [0.15, 0.2) is 0 Å². The smallest absolute Gasteiger partial charge is 0.134 e. The highest BCUT2D eigenvalue weighted by atomic mass is 79.9. The number of benzene rings is 2. The van der Waals surface area contributed by atoms with Crippen LogP contribution in [0.3, 0.4) is 0 Å². The van der Waals surface area contributed by atoms with E-state index >= 15 is 0 Å². The van der Waals surface area contributed by atoms with Gasteiger partial charge in [-0.05, 0) is 40.2 Å². The molecule has 0 saturated carbocycles. The lowest BCUT2D eigenvalue weighted by Gasteiger charge is -2.12. The average molecular weight is 415 g/mol. The molecule has 0 heterocycles. The fourth-order valence-electron chi connectivity index (χ4n) is 1.90. The van der Waals surface area contributed by atoms with E-state index in [0.29, 0.717) is 29.8 Å². The van der Waals surface area contributed by atoms with Crippen molar-refractivity contribution in [2.75, 3.05) is 20.3 Å². The molecule has 0 fully saturated rings. The van der Waals surface area contributed by atoms with Crippen molar-refractivity contribution >= 4 is 44.7 Å². The van der Waals surface area contributed by atoms with Crippen LogP contribution in [0, 0.1) is 0 Å². The first kappa shape index (κ1) is 18.2. The molecule has 0 aliphatic heterocycles. The van der Waals surface area contributed by atoms with Gasteiger partial charge in [0.2, 0.25) is 0 Å². The number of thiocarbonyl (C=S) groups is 1. The monoisotopic (exact) mass is 413 g/mol. The van der Waals surface area contributed by atoms with Gasteiger partial charge in [-0.2, -0.15) is 0 Å². The van der Waals surface area contributed by atoms with Crippen LogP contribution in [0.15, 0.2) is 46.9 Å². The van der Waals surface area contributed by atoms with E-state index in [1.807, 2.05) is 42.5 Å². The summed E-state index contributed by atoms with van der Waals surface area (Å²) in [6.07, 6.45) is 0. The molecule has 3 nitrogen and oxygen atoms in total. The van der Waals surface area contributed by atoms with Crippen molar-refractivity contribution in [3.05, 3.63) is 63.1 Å². The number of halogens is 2. The van der Waals surface area contributed by atoms with Gasteiger partial charge < -0.3 is 14.8 Å². The third-order valence-corrected chi connectivity index (χ3v) is 4.50. The maximum atomic E-state index is 6.13. The third kappa shape index (κ3) is 5.46. The Hall–Kier alpha value is -1.14. The zero-order valence-electron chi connectivity index (χ0n) is 12.6. The summed E-state index contributed by atoms with van der Waals surface area (Å²) in [4.78, 5) is 0.681. The summed E-state index contributed by atoms with van der Waals surface area (Å²) in [7, 11) is 1.66. The molecule has 2 rings (SSSR count). The lowest BCUT2D eigenvalue weighted by atomic mass is 10.2. The highest BCUT2D eigenvalue weighted by Crippen LogP contribution is 2.27. The van der Waals surface area contributed by atoms with Crippen molar-refractivity contribution in [1.82, 2.24) is 5.32 Å². The van der Waals surface area contributed by atoms with Gasteiger partial charge in [-0.25, -0.2) is 0 Å². The molecule has 0 bridgehead atoms. The van der Waals surface area contributed by atoms with Gasteiger partial charge in [0.05, 0.1) is 11.1 Å². The van der Waals surface area contributed by atoms with Crippen LogP contribution in [0.1, 0.15) is 11.1 Å². The zero-order valence-corrected chi connectivity index (χ0v) is 15.8. The minimum Gasteiger partial charge on any atom is -0.488 e. The van der Waals surface area contributed by atoms with Crippen molar-refractivity contribution in [3.8, 4) is 5.75 Å². The first-order valence-electron chi connectivity index (χ1n) is 7.04. The molecule has 1 N–H and O–H groups in total. The first-order chi connectivity index (χ1) is 11.1. The molecule has 2 aromatic rings.